The number of carbonyl (C=O) groups is 1. The summed E-state index contributed by atoms with van der Waals surface area (Å²) >= 11 is 0. The van der Waals surface area contributed by atoms with Crippen molar-refractivity contribution in [1.29, 1.82) is 0 Å². The number of pyridine rings is 1. The van der Waals surface area contributed by atoms with Gasteiger partial charge in [0.15, 0.2) is 0 Å². The number of para-hydroxylation sites is 1. The fourth-order valence-corrected chi connectivity index (χ4v) is 5.41. The molecule has 2 aromatic carbocycles. The molecule has 8 nitrogen and oxygen atoms in total. The molecule has 0 aliphatic carbocycles. The van der Waals surface area contributed by atoms with Gasteiger partial charge in [0.1, 0.15) is 23.0 Å². The Morgan fingerprint density at radius 2 is 1.61 bits per heavy atom. The van der Waals surface area contributed by atoms with Crippen LogP contribution in [0.1, 0.15) is 69.1 Å². The first kappa shape index (κ1) is 33.8. The molecule has 0 saturated carbocycles. The molecule has 1 amide bonds. The quantitative estimate of drug-likeness (QED) is 0.176. The zero-order valence-corrected chi connectivity index (χ0v) is 28.2. The molecular weight excluding hydrogens is 574 g/mol. The number of carbonyl (C=O) groups excluding carboxylic acids is 1. The number of hydrogen-bond acceptors (Lipinski definition) is 5. The number of aromatic nitrogens is 3. The van der Waals surface area contributed by atoms with Crippen LogP contribution in [0.4, 0.5) is 5.69 Å². The van der Waals surface area contributed by atoms with Gasteiger partial charge in [-0.3, -0.25) is 9.20 Å². The van der Waals surface area contributed by atoms with Gasteiger partial charge in [0.25, 0.3) is 5.91 Å². The third-order valence-electron chi connectivity index (χ3n) is 7.75. The minimum absolute atomic E-state index is 0.0376. The Balaban J connectivity index is 0.000000744. The Bertz CT molecular complexity index is 1860. The number of unbranched alkanes of at least 4 members (excludes halogenated alkanes) is 1. The molecule has 0 atom stereocenters. The molecule has 6 rings (SSSR count). The number of hydrogen-bond donors (Lipinski definition) is 1. The van der Waals surface area contributed by atoms with Gasteiger partial charge >= 0.3 is 0 Å². The molecule has 0 saturated heterocycles. The van der Waals surface area contributed by atoms with Crippen LogP contribution in [0.15, 0.2) is 90.1 Å². The predicted octanol–water partition coefficient (Wildman–Crippen LogP) is 8.65. The number of ether oxygens (including phenoxy) is 1. The van der Waals surface area contributed by atoms with Crippen LogP contribution in [0, 0.1) is 0 Å². The number of aliphatic imine (C=N–C) groups is 1. The van der Waals surface area contributed by atoms with Crippen molar-refractivity contribution >= 4 is 22.8 Å². The van der Waals surface area contributed by atoms with Crippen molar-refractivity contribution in [3.63, 3.8) is 0 Å². The first-order chi connectivity index (χ1) is 22.4. The largest absolute Gasteiger partial charge is 0.496 e. The van der Waals surface area contributed by atoms with E-state index in [0.717, 1.165) is 35.2 Å². The molecule has 0 fully saturated rings. The van der Waals surface area contributed by atoms with Crippen molar-refractivity contribution in [2.75, 3.05) is 26.1 Å². The average molecular weight is 620 g/mol. The summed E-state index contributed by atoms with van der Waals surface area (Å²) in [5.41, 5.74) is 5.94. The van der Waals surface area contributed by atoms with Gasteiger partial charge in [0.05, 0.1) is 35.0 Å². The van der Waals surface area contributed by atoms with Crippen LogP contribution in [0.3, 0.4) is 0 Å². The Morgan fingerprint density at radius 1 is 0.935 bits per heavy atom. The molecule has 0 unspecified atom stereocenters. The van der Waals surface area contributed by atoms with Crippen LogP contribution >= 0.6 is 0 Å². The van der Waals surface area contributed by atoms with Gasteiger partial charge in [-0.2, -0.15) is 0 Å². The molecule has 46 heavy (non-hydrogen) atoms. The van der Waals surface area contributed by atoms with E-state index in [0.29, 0.717) is 46.3 Å². The summed E-state index contributed by atoms with van der Waals surface area (Å²) in [5, 5.41) is 11.7. The molecule has 0 spiro atoms. The van der Waals surface area contributed by atoms with Crippen molar-refractivity contribution in [2.24, 2.45) is 4.99 Å². The standard InChI is InChI=1S/C32H31N5O3.C4H8.C2H6/c1-5-6-18-37-29(20-14-16-21(17-15-20)35(2)3)26-25(32(37)39)28(34-31(26)38)27-23-12-9-10-19-36(23)30(33-27)22-11-7-8-13-24(22)40-4;1-3-4-2;1-2/h7-17,19,39H,5-6,18H2,1-4H3;3-4H,1-2H3;1-2H3/b;4-3-;. The zero-order chi connectivity index (χ0) is 33.4. The first-order valence-electron chi connectivity index (χ1n) is 15.9. The molecule has 8 heteroatoms. The fourth-order valence-electron chi connectivity index (χ4n) is 5.41. The highest BCUT2D eigenvalue weighted by Gasteiger charge is 2.38. The van der Waals surface area contributed by atoms with Crippen molar-refractivity contribution in [2.45, 2.75) is 54.0 Å². The summed E-state index contributed by atoms with van der Waals surface area (Å²) in [6.45, 7) is 10.7. The number of benzene rings is 2. The minimum atomic E-state index is -0.377. The summed E-state index contributed by atoms with van der Waals surface area (Å²) in [4.78, 5) is 25.1. The van der Waals surface area contributed by atoms with Gasteiger partial charge in [-0.05, 0) is 62.2 Å². The van der Waals surface area contributed by atoms with Gasteiger partial charge in [-0.25, -0.2) is 9.98 Å². The second-order valence-electron chi connectivity index (χ2n) is 10.7. The monoisotopic (exact) mass is 619 g/mol. The second kappa shape index (κ2) is 15.3. The lowest BCUT2D eigenvalue weighted by atomic mass is 10.0. The average Bonchev–Trinajstić information content (AvgIpc) is 3.74. The number of aromatic hydroxyl groups is 1. The molecule has 1 aliphatic rings. The van der Waals surface area contributed by atoms with Crippen LogP contribution < -0.4 is 9.64 Å². The number of imidazole rings is 1. The molecule has 0 radical (unpaired) electrons. The van der Waals surface area contributed by atoms with Gasteiger partial charge in [0, 0.05) is 32.5 Å². The number of amides is 1. The summed E-state index contributed by atoms with van der Waals surface area (Å²) in [5.74, 6) is 1.01. The van der Waals surface area contributed by atoms with Gasteiger partial charge in [-0.15, -0.1) is 0 Å². The number of anilines is 1. The number of fused-ring (bicyclic) bond motifs is 2. The lowest BCUT2D eigenvalue weighted by Gasteiger charge is -2.15. The lowest BCUT2D eigenvalue weighted by Crippen LogP contribution is -2.08. The Hall–Kier alpha value is -5.11. The molecule has 3 aromatic heterocycles. The normalized spacial score (nSPS) is 11.9. The Morgan fingerprint density at radius 3 is 2.24 bits per heavy atom. The van der Waals surface area contributed by atoms with E-state index in [4.69, 9.17) is 9.72 Å². The fraction of sp³-hybridized carbons (Fsp3) is 0.289. The van der Waals surface area contributed by atoms with E-state index in [1.807, 2.05) is 141 Å². The third kappa shape index (κ3) is 6.33. The topological polar surface area (TPSA) is 84.4 Å². The van der Waals surface area contributed by atoms with Crippen molar-refractivity contribution in [3.8, 4) is 34.3 Å². The maximum Gasteiger partial charge on any atom is 0.280 e. The molecular formula is C38H45N5O3. The smallest absolute Gasteiger partial charge is 0.280 e. The molecule has 4 heterocycles. The number of allylic oxidation sites excluding steroid dienone is 2. The summed E-state index contributed by atoms with van der Waals surface area (Å²) in [7, 11) is 5.60. The molecule has 1 N–H and O–H groups in total. The van der Waals surface area contributed by atoms with E-state index in [9.17, 15) is 9.90 Å². The lowest BCUT2D eigenvalue weighted by molar-refractivity contribution is 0.101. The van der Waals surface area contributed by atoms with E-state index >= 15 is 0 Å². The number of methoxy groups -OCH3 is 1. The highest BCUT2D eigenvalue weighted by Crippen LogP contribution is 2.42. The molecule has 1 aliphatic heterocycles. The van der Waals surface area contributed by atoms with E-state index < -0.39 is 0 Å². The number of rotatable bonds is 8. The van der Waals surface area contributed by atoms with Crippen LogP contribution in [0.2, 0.25) is 0 Å². The van der Waals surface area contributed by atoms with Crippen molar-refractivity contribution in [1.82, 2.24) is 14.0 Å². The highest BCUT2D eigenvalue weighted by atomic mass is 16.5. The Labute approximate surface area is 272 Å². The summed E-state index contributed by atoms with van der Waals surface area (Å²) in [6, 6.07) is 21.5. The van der Waals surface area contributed by atoms with Crippen LogP contribution in [-0.2, 0) is 6.54 Å². The summed E-state index contributed by atoms with van der Waals surface area (Å²) < 4.78 is 9.43. The van der Waals surface area contributed by atoms with E-state index in [2.05, 4.69) is 11.9 Å². The highest BCUT2D eigenvalue weighted by molar-refractivity contribution is 6.31. The van der Waals surface area contributed by atoms with Gasteiger partial charge in [0.2, 0.25) is 5.88 Å². The van der Waals surface area contributed by atoms with Gasteiger partial charge < -0.3 is 19.3 Å². The second-order valence-corrected chi connectivity index (χ2v) is 10.7. The van der Waals surface area contributed by atoms with Crippen LogP contribution in [0.5, 0.6) is 11.6 Å². The first-order valence-corrected chi connectivity index (χ1v) is 15.9. The van der Waals surface area contributed by atoms with E-state index in [-0.39, 0.29) is 11.8 Å². The number of nitrogens with zero attached hydrogens (tertiary/aromatic N) is 5. The maximum atomic E-state index is 13.6. The van der Waals surface area contributed by atoms with Crippen molar-refractivity contribution < 1.29 is 14.6 Å². The summed E-state index contributed by atoms with van der Waals surface area (Å²) in [6.07, 6.45) is 7.73. The van der Waals surface area contributed by atoms with Crippen LogP contribution in [0.25, 0.3) is 28.2 Å². The van der Waals surface area contributed by atoms with E-state index in [1.54, 1.807) is 7.11 Å². The zero-order valence-electron chi connectivity index (χ0n) is 28.2. The SMILES string of the molecule is C/C=C\C.CC.CCCCn1c(O)c2c(c1-c1ccc(N(C)C)cc1)C(=O)N=C2c1nc(-c2ccccc2OC)n2ccccc12. The third-order valence-corrected chi connectivity index (χ3v) is 7.75. The molecule has 240 valence electrons. The van der Waals surface area contributed by atoms with Crippen LogP contribution in [-0.4, -0.2) is 51.9 Å². The van der Waals surface area contributed by atoms with E-state index in [1.165, 1.54) is 0 Å². The van der Waals surface area contributed by atoms with Gasteiger partial charge in [-0.1, -0.05) is 69.7 Å². The maximum absolute atomic E-state index is 13.6. The minimum Gasteiger partial charge on any atom is -0.496 e. The molecule has 0 bridgehead atoms. The Kier molecular flexibility index (Phi) is 11.2. The van der Waals surface area contributed by atoms with Crippen molar-refractivity contribution in [3.05, 3.63) is 102 Å². The predicted molar refractivity (Wildman–Crippen MR) is 190 cm³/mol. The molecule has 5 aromatic rings.